The lowest BCUT2D eigenvalue weighted by atomic mass is 10.2. The minimum Gasteiger partial charge on any atom is -0.463 e. The fourth-order valence-corrected chi connectivity index (χ4v) is 1.38. The zero-order valence-electron chi connectivity index (χ0n) is 10.9. The van der Waals surface area contributed by atoms with Gasteiger partial charge >= 0.3 is 12.1 Å². The van der Waals surface area contributed by atoms with Crippen molar-refractivity contribution >= 4 is 5.97 Å². The number of hydrogen-bond acceptors (Lipinski definition) is 3. The molecule has 110 valence electrons. The van der Waals surface area contributed by atoms with Gasteiger partial charge in [-0.2, -0.15) is 13.2 Å². The average molecular weight is 288 g/mol. The van der Waals surface area contributed by atoms with Crippen LogP contribution in [0.3, 0.4) is 0 Å². The van der Waals surface area contributed by atoms with Gasteiger partial charge in [-0.1, -0.05) is 30.3 Å². The summed E-state index contributed by atoms with van der Waals surface area (Å²) in [6.07, 6.45) is -4.20. The van der Waals surface area contributed by atoms with Gasteiger partial charge in [0.2, 0.25) is 0 Å². The Kier molecular flexibility index (Phi) is 6.24. The van der Waals surface area contributed by atoms with Crippen molar-refractivity contribution in [1.29, 1.82) is 0 Å². The van der Waals surface area contributed by atoms with Crippen molar-refractivity contribution in [2.45, 2.75) is 19.7 Å². The van der Waals surface area contributed by atoms with Crippen LogP contribution in [-0.4, -0.2) is 25.4 Å². The fourth-order valence-electron chi connectivity index (χ4n) is 1.38. The quantitative estimate of drug-likeness (QED) is 0.595. The minimum atomic E-state index is -4.62. The Labute approximate surface area is 115 Å². The van der Waals surface area contributed by atoms with Crippen molar-refractivity contribution in [1.82, 2.24) is 0 Å². The van der Waals surface area contributed by atoms with E-state index in [2.05, 4.69) is 4.74 Å². The van der Waals surface area contributed by atoms with Gasteiger partial charge in [0.25, 0.3) is 0 Å². The Balaban J connectivity index is 2.60. The van der Waals surface area contributed by atoms with Crippen LogP contribution >= 0.6 is 0 Å². The van der Waals surface area contributed by atoms with E-state index < -0.39 is 24.3 Å². The molecule has 0 amide bonds. The molecule has 0 aliphatic carbocycles. The minimum absolute atomic E-state index is 0.0192. The number of halogens is 3. The third-order valence-electron chi connectivity index (χ3n) is 2.31. The maximum absolute atomic E-state index is 12.7. The Morgan fingerprint density at radius 3 is 2.45 bits per heavy atom. The number of esters is 1. The van der Waals surface area contributed by atoms with E-state index >= 15 is 0 Å². The maximum Gasteiger partial charge on any atom is 0.415 e. The summed E-state index contributed by atoms with van der Waals surface area (Å²) < 4.78 is 47.5. The van der Waals surface area contributed by atoms with E-state index in [0.717, 1.165) is 5.56 Å². The summed E-state index contributed by atoms with van der Waals surface area (Å²) in [5.41, 5.74) is -0.308. The summed E-state index contributed by atoms with van der Waals surface area (Å²) in [5, 5.41) is 0. The molecule has 6 heteroatoms. The second-order valence-electron chi connectivity index (χ2n) is 3.90. The average Bonchev–Trinajstić information content (AvgIpc) is 2.38. The van der Waals surface area contributed by atoms with Crippen LogP contribution < -0.4 is 0 Å². The number of benzene rings is 1. The third kappa shape index (κ3) is 5.88. The lowest BCUT2D eigenvalue weighted by Crippen LogP contribution is -2.19. The summed E-state index contributed by atoms with van der Waals surface area (Å²) in [4.78, 5) is 11.1. The molecule has 0 heterocycles. The molecule has 0 aliphatic rings. The normalized spacial score (nSPS) is 12.3. The van der Waals surface area contributed by atoms with Crippen molar-refractivity contribution in [3.8, 4) is 0 Å². The molecule has 0 saturated heterocycles. The first-order chi connectivity index (χ1) is 9.43. The van der Waals surface area contributed by atoms with Gasteiger partial charge in [-0.25, -0.2) is 4.79 Å². The standard InChI is InChI=1S/C14H15F3O3/c1-2-20-13(18)8-12(14(15,16)17)10-19-9-11-6-4-3-5-7-11/h3-8H,2,9-10H2,1H3. The molecule has 0 aromatic heterocycles. The topological polar surface area (TPSA) is 35.5 Å². The van der Waals surface area contributed by atoms with Gasteiger partial charge in [-0.05, 0) is 12.5 Å². The van der Waals surface area contributed by atoms with E-state index in [0.29, 0.717) is 6.08 Å². The Bertz CT molecular complexity index is 452. The predicted molar refractivity (Wildman–Crippen MR) is 66.9 cm³/mol. The first-order valence-electron chi connectivity index (χ1n) is 5.99. The van der Waals surface area contributed by atoms with Crippen LogP contribution in [0.15, 0.2) is 42.0 Å². The van der Waals surface area contributed by atoms with Crippen molar-refractivity contribution < 1.29 is 27.4 Å². The molecule has 0 atom stereocenters. The van der Waals surface area contributed by atoms with E-state index in [9.17, 15) is 18.0 Å². The first-order valence-corrected chi connectivity index (χ1v) is 5.99. The number of alkyl halides is 3. The van der Waals surface area contributed by atoms with Gasteiger partial charge in [-0.3, -0.25) is 0 Å². The predicted octanol–water partition coefficient (Wildman–Crippen LogP) is 3.26. The number of ether oxygens (including phenoxy) is 2. The van der Waals surface area contributed by atoms with Gasteiger partial charge in [0.15, 0.2) is 0 Å². The van der Waals surface area contributed by atoms with Crippen molar-refractivity contribution in [2.24, 2.45) is 0 Å². The number of hydrogen-bond donors (Lipinski definition) is 0. The van der Waals surface area contributed by atoms with Crippen molar-refractivity contribution in [3.05, 3.63) is 47.5 Å². The van der Waals surface area contributed by atoms with Gasteiger partial charge in [0.05, 0.1) is 25.4 Å². The highest BCUT2D eigenvalue weighted by Gasteiger charge is 2.34. The molecule has 0 N–H and O–H groups in total. The molecule has 0 bridgehead atoms. The monoisotopic (exact) mass is 288 g/mol. The number of carbonyl (C=O) groups excluding carboxylic acids is 1. The summed E-state index contributed by atoms with van der Waals surface area (Å²) >= 11 is 0. The Morgan fingerprint density at radius 2 is 1.90 bits per heavy atom. The molecule has 1 aromatic carbocycles. The van der Waals surface area contributed by atoms with Gasteiger partial charge in [0.1, 0.15) is 0 Å². The molecular formula is C14H15F3O3. The fraction of sp³-hybridized carbons (Fsp3) is 0.357. The van der Waals surface area contributed by atoms with Crippen LogP contribution in [0, 0.1) is 0 Å². The lowest BCUT2D eigenvalue weighted by Gasteiger charge is -2.12. The van der Waals surface area contributed by atoms with E-state index in [4.69, 9.17) is 4.74 Å². The summed E-state index contributed by atoms with van der Waals surface area (Å²) in [6, 6.07) is 8.80. The van der Waals surface area contributed by atoms with E-state index in [-0.39, 0.29) is 13.2 Å². The molecular weight excluding hydrogens is 273 g/mol. The zero-order valence-corrected chi connectivity index (χ0v) is 10.9. The lowest BCUT2D eigenvalue weighted by molar-refractivity contribution is -0.138. The third-order valence-corrected chi connectivity index (χ3v) is 2.31. The van der Waals surface area contributed by atoms with Crippen LogP contribution in [0.25, 0.3) is 0 Å². The molecule has 0 radical (unpaired) electrons. The molecule has 0 unspecified atom stereocenters. The van der Waals surface area contributed by atoms with Crippen LogP contribution in [-0.2, 0) is 20.9 Å². The Hall–Kier alpha value is -1.82. The Morgan fingerprint density at radius 1 is 1.25 bits per heavy atom. The van der Waals surface area contributed by atoms with Gasteiger partial charge in [-0.15, -0.1) is 0 Å². The van der Waals surface area contributed by atoms with Crippen LogP contribution in [0.1, 0.15) is 12.5 Å². The summed E-state index contributed by atoms with van der Waals surface area (Å²) in [6.45, 7) is 0.880. The number of rotatable bonds is 6. The molecule has 0 aliphatic heterocycles. The van der Waals surface area contributed by atoms with Crippen LogP contribution in [0.2, 0.25) is 0 Å². The zero-order chi connectivity index (χ0) is 15.0. The highest BCUT2D eigenvalue weighted by atomic mass is 19.4. The van der Waals surface area contributed by atoms with E-state index in [1.807, 2.05) is 0 Å². The molecule has 0 saturated carbocycles. The SMILES string of the molecule is CCOC(=O)C=C(COCc1ccccc1)C(F)(F)F. The van der Waals surface area contributed by atoms with Crippen molar-refractivity contribution in [3.63, 3.8) is 0 Å². The van der Waals surface area contributed by atoms with Gasteiger partial charge < -0.3 is 9.47 Å². The molecule has 20 heavy (non-hydrogen) atoms. The molecule has 1 aromatic rings. The summed E-state index contributed by atoms with van der Waals surface area (Å²) in [5.74, 6) is -1.02. The number of carbonyl (C=O) groups is 1. The molecule has 3 nitrogen and oxygen atoms in total. The van der Waals surface area contributed by atoms with Gasteiger partial charge in [0, 0.05) is 6.08 Å². The summed E-state index contributed by atoms with van der Waals surface area (Å²) in [7, 11) is 0. The second-order valence-corrected chi connectivity index (χ2v) is 3.90. The smallest absolute Gasteiger partial charge is 0.415 e. The first kappa shape index (κ1) is 16.2. The molecule has 1 rings (SSSR count). The van der Waals surface area contributed by atoms with E-state index in [1.165, 1.54) is 6.92 Å². The largest absolute Gasteiger partial charge is 0.463 e. The van der Waals surface area contributed by atoms with Crippen LogP contribution in [0.5, 0.6) is 0 Å². The highest BCUT2D eigenvalue weighted by Crippen LogP contribution is 2.26. The maximum atomic E-state index is 12.7. The van der Waals surface area contributed by atoms with Crippen molar-refractivity contribution in [2.75, 3.05) is 13.2 Å². The van der Waals surface area contributed by atoms with E-state index in [1.54, 1.807) is 30.3 Å². The van der Waals surface area contributed by atoms with Crippen LogP contribution in [0.4, 0.5) is 13.2 Å². The second kappa shape index (κ2) is 7.69. The highest BCUT2D eigenvalue weighted by molar-refractivity contribution is 5.83. The molecule has 0 fully saturated rings. The molecule has 0 spiro atoms.